The lowest BCUT2D eigenvalue weighted by Crippen LogP contribution is -2.26. The summed E-state index contributed by atoms with van der Waals surface area (Å²) in [7, 11) is 0. The van der Waals surface area contributed by atoms with Gasteiger partial charge in [0.2, 0.25) is 0 Å². The van der Waals surface area contributed by atoms with Gasteiger partial charge in [0, 0.05) is 30.2 Å². The third kappa shape index (κ3) is 3.30. The van der Waals surface area contributed by atoms with Crippen molar-refractivity contribution in [1.82, 2.24) is 14.7 Å². The minimum Gasteiger partial charge on any atom is -0.308 e. The molecule has 0 spiro atoms. The van der Waals surface area contributed by atoms with Gasteiger partial charge in [0.25, 0.3) is 0 Å². The van der Waals surface area contributed by atoms with Gasteiger partial charge >= 0.3 is 0 Å². The maximum Gasteiger partial charge on any atom is 0.137 e. The zero-order valence-electron chi connectivity index (χ0n) is 11.7. The van der Waals surface area contributed by atoms with E-state index in [2.05, 4.69) is 35.2 Å². The Bertz CT molecular complexity index is 584. The van der Waals surface area contributed by atoms with Crippen LogP contribution in [-0.2, 0) is 6.54 Å². The number of fused-ring (bicyclic) bond motifs is 1. The van der Waals surface area contributed by atoms with E-state index in [0.29, 0.717) is 6.04 Å². The van der Waals surface area contributed by atoms with Crippen LogP contribution in [0.4, 0.5) is 0 Å². The summed E-state index contributed by atoms with van der Waals surface area (Å²) in [4.78, 5) is 4.61. The van der Waals surface area contributed by atoms with Crippen LogP contribution in [0.5, 0.6) is 0 Å². The molecule has 1 aliphatic carbocycles. The Labute approximate surface area is 129 Å². The summed E-state index contributed by atoms with van der Waals surface area (Å²) in [6.45, 7) is 3.08. The van der Waals surface area contributed by atoms with Gasteiger partial charge in [0.15, 0.2) is 0 Å². The number of nitrogens with one attached hydrogen (secondary N) is 1. The molecule has 108 valence electrons. The molecule has 2 aromatic heterocycles. The van der Waals surface area contributed by atoms with Gasteiger partial charge in [-0.1, -0.05) is 18.5 Å². The molecule has 0 aromatic carbocycles. The molecule has 0 saturated heterocycles. The Morgan fingerprint density at radius 1 is 1.40 bits per heavy atom. The summed E-state index contributed by atoms with van der Waals surface area (Å²) in [5.41, 5.74) is 2.04. The Morgan fingerprint density at radius 3 is 3.15 bits per heavy atom. The predicted octanol–water partition coefficient (Wildman–Crippen LogP) is 3.75. The van der Waals surface area contributed by atoms with E-state index in [-0.39, 0.29) is 0 Å². The fourth-order valence-electron chi connectivity index (χ4n) is 2.86. The van der Waals surface area contributed by atoms with Crippen LogP contribution >= 0.6 is 23.4 Å². The van der Waals surface area contributed by atoms with Gasteiger partial charge in [-0.2, -0.15) is 11.8 Å². The number of nitrogens with zero attached hydrogens (tertiary/aromatic N) is 2. The van der Waals surface area contributed by atoms with Gasteiger partial charge in [-0.25, -0.2) is 4.98 Å². The monoisotopic (exact) mass is 309 g/mol. The Morgan fingerprint density at radius 2 is 2.30 bits per heavy atom. The predicted molar refractivity (Wildman–Crippen MR) is 86.6 cm³/mol. The number of thioether (sulfide) groups is 1. The first-order valence-electron chi connectivity index (χ1n) is 7.22. The summed E-state index contributed by atoms with van der Waals surface area (Å²) in [6.07, 6.45) is 7.88. The van der Waals surface area contributed by atoms with Crippen molar-refractivity contribution in [2.24, 2.45) is 0 Å². The quantitative estimate of drug-likeness (QED) is 0.912. The first-order chi connectivity index (χ1) is 9.74. The number of imidazole rings is 1. The van der Waals surface area contributed by atoms with Crippen LogP contribution < -0.4 is 5.32 Å². The van der Waals surface area contributed by atoms with Crippen LogP contribution in [0.2, 0.25) is 5.02 Å². The highest BCUT2D eigenvalue weighted by Gasteiger charge is 2.24. The van der Waals surface area contributed by atoms with Gasteiger partial charge in [0.1, 0.15) is 5.65 Å². The zero-order valence-corrected chi connectivity index (χ0v) is 13.3. The summed E-state index contributed by atoms with van der Waals surface area (Å²) in [5, 5.41) is 5.22. The molecule has 20 heavy (non-hydrogen) atoms. The van der Waals surface area contributed by atoms with Gasteiger partial charge < -0.3 is 9.72 Å². The van der Waals surface area contributed by atoms with E-state index in [1.165, 1.54) is 25.0 Å². The largest absolute Gasteiger partial charge is 0.308 e. The van der Waals surface area contributed by atoms with E-state index in [1.54, 1.807) is 0 Å². The third-order valence-corrected chi connectivity index (χ3v) is 5.28. The minimum absolute atomic E-state index is 0.646. The molecule has 1 N–H and O–H groups in total. The molecule has 3 nitrogen and oxygen atoms in total. The normalized spacial score (nSPS) is 22.7. The number of hydrogen-bond donors (Lipinski definition) is 1. The Hall–Kier alpha value is -0.710. The maximum absolute atomic E-state index is 5.99. The third-order valence-electron chi connectivity index (χ3n) is 3.82. The number of pyridine rings is 1. The summed E-state index contributed by atoms with van der Waals surface area (Å²) in [5.74, 6) is 1.23. The first-order valence-corrected chi connectivity index (χ1v) is 8.65. The van der Waals surface area contributed by atoms with Crippen LogP contribution in [0, 0.1) is 0 Å². The van der Waals surface area contributed by atoms with Crippen molar-refractivity contribution in [2.45, 2.75) is 44.0 Å². The molecule has 2 unspecified atom stereocenters. The van der Waals surface area contributed by atoms with E-state index < -0.39 is 0 Å². The second-order valence-electron chi connectivity index (χ2n) is 5.31. The van der Waals surface area contributed by atoms with Gasteiger partial charge in [-0.15, -0.1) is 0 Å². The van der Waals surface area contributed by atoms with Gasteiger partial charge in [0.05, 0.1) is 10.7 Å². The number of halogens is 1. The van der Waals surface area contributed by atoms with Gasteiger partial charge in [-0.3, -0.25) is 0 Å². The fraction of sp³-hybridized carbons (Fsp3) is 0.533. The Balaban J connectivity index is 1.57. The SMILES string of the molecule is CCSC1CCC(NCc2cn3cc(Cl)ccc3n2)C1. The highest BCUT2D eigenvalue weighted by molar-refractivity contribution is 7.99. The second kappa shape index (κ2) is 6.37. The summed E-state index contributed by atoms with van der Waals surface area (Å²) >= 11 is 8.08. The van der Waals surface area contributed by atoms with Crippen molar-refractivity contribution in [1.29, 1.82) is 0 Å². The number of aromatic nitrogens is 2. The van der Waals surface area contributed by atoms with E-state index >= 15 is 0 Å². The second-order valence-corrected chi connectivity index (χ2v) is 7.33. The van der Waals surface area contributed by atoms with Crippen molar-refractivity contribution in [3.8, 4) is 0 Å². The van der Waals surface area contributed by atoms with E-state index in [1.807, 2.05) is 22.7 Å². The van der Waals surface area contributed by atoms with Crippen molar-refractivity contribution in [3.05, 3.63) is 35.2 Å². The molecule has 0 bridgehead atoms. The minimum atomic E-state index is 0.646. The number of hydrogen-bond acceptors (Lipinski definition) is 3. The molecule has 1 saturated carbocycles. The van der Waals surface area contributed by atoms with Crippen molar-refractivity contribution >= 4 is 29.0 Å². The van der Waals surface area contributed by atoms with Crippen molar-refractivity contribution in [2.75, 3.05) is 5.75 Å². The molecule has 2 aromatic rings. The zero-order chi connectivity index (χ0) is 13.9. The van der Waals surface area contributed by atoms with Crippen molar-refractivity contribution in [3.63, 3.8) is 0 Å². The molecular formula is C15H20ClN3S. The summed E-state index contributed by atoms with van der Waals surface area (Å²) in [6, 6.07) is 4.48. The number of rotatable bonds is 5. The highest BCUT2D eigenvalue weighted by Crippen LogP contribution is 2.29. The molecule has 3 rings (SSSR count). The first kappa shape index (κ1) is 14.2. The lowest BCUT2D eigenvalue weighted by Gasteiger charge is -2.11. The van der Waals surface area contributed by atoms with Crippen molar-refractivity contribution < 1.29 is 0 Å². The van der Waals surface area contributed by atoms with E-state index in [9.17, 15) is 0 Å². The lowest BCUT2D eigenvalue weighted by atomic mass is 10.2. The molecule has 1 aliphatic rings. The molecule has 2 heterocycles. The van der Waals surface area contributed by atoms with Gasteiger partial charge in [-0.05, 0) is 37.1 Å². The average molecular weight is 310 g/mol. The van der Waals surface area contributed by atoms with Crippen LogP contribution in [0.3, 0.4) is 0 Å². The molecule has 0 amide bonds. The molecular weight excluding hydrogens is 290 g/mol. The fourth-order valence-corrected chi connectivity index (χ4v) is 4.17. The van der Waals surface area contributed by atoms with E-state index in [0.717, 1.165) is 28.2 Å². The van der Waals surface area contributed by atoms with Crippen LogP contribution in [0.15, 0.2) is 24.5 Å². The van der Waals surface area contributed by atoms with Crippen LogP contribution in [-0.4, -0.2) is 26.4 Å². The Kier molecular flexibility index (Phi) is 4.54. The average Bonchev–Trinajstić information content (AvgIpc) is 3.02. The standard InChI is InChI=1S/C15H20ClN3S/c1-2-20-14-5-4-12(7-14)17-8-13-10-19-9-11(16)3-6-15(19)18-13/h3,6,9-10,12,14,17H,2,4-5,7-8H2,1H3. The molecule has 1 fully saturated rings. The van der Waals surface area contributed by atoms with Crippen LogP contribution in [0.1, 0.15) is 31.9 Å². The van der Waals surface area contributed by atoms with E-state index in [4.69, 9.17) is 11.6 Å². The smallest absolute Gasteiger partial charge is 0.137 e. The molecule has 0 radical (unpaired) electrons. The molecule has 5 heteroatoms. The summed E-state index contributed by atoms with van der Waals surface area (Å²) < 4.78 is 1.99. The molecule has 0 aliphatic heterocycles. The lowest BCUT2D eigenvalue weighted by molar-refractivity contribution is 0.521. The highest BCUT2D eigenvalue weighted by atomic mass is 35.5. The topological polar surface area (TPSA) is 29.3 Å². The molecule has 2 atom stereocenters. The maximum atomic E-state index is 5.99. The van der Waals surface area contributed by atoms with Crippen LogP contribution in [0.25, 0.3) is 5.65 Å².